The molecule has 0 radical (unpaired) electrons. The molecule has 2 heterocycles. The molecule has 0 bridgehead atoms. The molecule has 2 aromatic carbocycles. The Morgan fingerprint density at radius 1 is 1.07 bits per heavy atom. The fourth-order valence-corrected chi connectivity index (χ4v) is 4.17. The molecule has 0 aliphatic carbocycles. The minimum atomic E-state index is -0.559. The number of carbonyl (C=O) groups excluding carboxylic acids is 2. The van der Waals surface area contributed by atoms with Crippen LogP contribution in [0.5, 0.6) is 0 Å². The summed E-state index contributed by atoms with van der Waals surface area (Å²) >= 11 is 0. The summed E-state index contributed by atoms with van der Waals surface area (Å²) in [4.78, 5) is 29.8. The zero-order valence-corrected chi connectivity index (χ0v) is 16.1. The number of para-hydroxylation sites is 1. The number of anilines is 2. The molecule has 2 N–H and O–H groups in total. The Hall–Kier alpha value is -2.86. The van der Waals surface area contributed by atoms with E-state index in [4.69, 9.17) is 0 Å². The lowest BCUT2D eigenvalue weighted by atomic mass is 9.86. The lowest BCUT2D eigenvalue weighted by Gasteiger charge is -2.40. The van der Waals surface area contributed by atoms with Crippen LogP contribution in [-0.4, -0.2) is 48.6 Å². The largest absolute Gasteiger partial charge is 0.339 e. The van der Waals surface area contributed by atoms with Gasteiger partial charge >= 0.3 is 0 Å². The molecule has 0 unspecified atom stereocenters. The molecule has 2 aromatic rings. The molecule has 0 aromatic heterocycles. The third kappa shape index (κ3) is 3.47. The van der Waals surface area contributed by atoms with Crippen molar-refractivity contribution < 1.29 is 9.59 Å². The SMILES string of the molecule is Cc1ccc(NC(=O)CN2CN(c3ccccc3)C3(CCNCC3)C2=O)cc1. The van der Waals surface area contributed by atoms with E-state index >= 15 is 0 Å². The summed E-state index contributed by atoms with van der Waals surface area (Å²) in [6.45, 7) is 4.11. The minimum Gasteiger partial charge on any atom is -0.339 e. The molecule has 4 rings (SSSR count). The number of aryl methyl sites for hydroxylation is 1. The summed E-state index contributed by atoms with van der Waals surface area (Å²) in [5.41, 5.74) is 2.36. The number of hydrogen-bond acceptors (Lipinski definition) is 4. The standard InChI is InChI=1S/C22H26N4O2/c1-17-7-9-18(10-8-17)24-20(27)15-25-16-26(19-5-3-2-4-6-19)22(21(25)28)11-13-23-14-12-22/h2-10,23H,11-16H2,1H3,(H,24,27). The summed E-state index contributed by atoms with van der Waals surface area (Å²) < 4.78 is 0. The maximum absolute atomic E-state index is 13.4. The maximum Gasteiger partial charge on any atom is 0.250 e. The Kier molecular flexibility index (Phi) is 5.05. The smallest absolute Gasteiger partial charge is 0.250 e. The first-order chi connectivity index (χ1) is 13.6. The molecule has 28 heavy (non-hydrogen) atoms. The third-order valence-corrected chi connectivity index (χ3v) is 5.68. The van der Waals surface area contributed by atoms with Crippen molar-refractivity contribution in [1.82, 2.24) is 10.2 Å². The van der Waals surface area contributed by atoms with Gasteiger partial charge in [0.1, 0.15) is 12.1 Å². The lowest BCUT2D eigenvalue weighted by molar-refractivity contribution is -0.135. The van der Waals surface area contributed by atoms with E-state index in [1.165, 1.54) is 0 Å². The van der Waals surface area contributed by atoms with E-state index in [0.717, 1.165) is 42.9 Å². The Bertz CT molecular complexity index is 845. The van der Waals surface area contributed by atoms with Crippen LogP contribution in [0.3, 0.4) is 0 Å². The van der Waals surface area contributed by atoms with E-state index in [0.29, 0.717) is 6.67 Å². The van der Waals surface area contributed by atoms with Crippen LogP contribution in [0.25, 0.3) is 0 Å². The number of piperidine rings is 1. The van der Waals surface area contributed by atoms with Crippen molar-refractivity contribution >= 4 is 23.2 Å². The highest BCUT2D eigenvalue weighted by Crippen LogP contribution is 2.37. The van der Waals surface area contributed by atoms with Crippen molar-refractivity contribution in [3.05, 3.63) is 60.2 Å². The van der Waals surface area contributed by atoms with Gasteiger partial charge in [-0.3, -0.25) is 9.59 Å². The molecule has 2 aliphatic rings. The van der Waals surface area contributed by atoms with Gasteiger partial charge in [-0.05, 0) is 57.1 Å². The Labute approximate surface area is 165 Å². The Morgan fingerprint density at radius 2 is 1.75 bits per heavy atom. The van der Waals surface area contributed by atoms with Crippen LogP contribution in [-0.2, 0) is 9.59 Å². The molecule has 1 spiro atoms. The highest BCUT2D eigenvalue weighted by Gasteiger charge is 2.53. The average molecular weight is 378 g/mol. The van der Waals surface area contributed by atoms with Crippen molar-refractivity contribution in [1.29, 1.82) is 0 Å². The summed E-state index contributed by atoms with van der Waals surface area (Å²) in [6.07, 6.45) is 1.49. The van der Waals surface area contributed by atoms with Gasteiger partial charge in [-0.2, -0.15) is 0 Å². The van der Waals surface area contributed by atoms with E-state index in [9.17, 15) is 9.59 Å². The second kappa shape index (κ2) is 7.64. The van der Waals surface area contributed by atoms with E-state index in [-0.39, 0.29) is 18.4 Å². The fraction of sp³-hybridized carbons (Fsp3) is 0.364. The number of benzene rings is 2. The summed E-state index contributed by atoms with van der Waals surface area (Å²) in [7, 11) is 0. The first-order valence-electron chi connectivity index (χ1n) is 9.78. The zero-order valence-electron chi connectivity index (χ0n) is 16.1. The minimum absolute atomic E-state index is 0.0527. The quantitative estimate of drug-likeness (QED) is 0.857. The van der Waals surface area contributed by atoms with Crippen LogP contribution in [0.15, 0.2) is 54.6 Å². The molecular formula is C22H26N4O2. The van der Waals surface area contributed by atoms with Crippen molar-refractivity contribution in [3.8, 4) is 0 Å². The number of nitrogens with one attached hydrogen (secondary N) is 2. The molecular weight excluding hydrogens is 352 g/mol. The van der Waals surface area contributed by atoms with E-state index in [1.807, 2.05) is 61.5 Å². The third-order valence-electron chi connectivity index (χ3n) is 5.68. The molecule has 0 saturated carbocycles. The molecule has 0 atom stereocenters. The van der Waals surface area contributed by atoms with Gasteiger partial charge in [-0.25, -0.2) is 0 Å². The van der Waals surface area contributed by atoms with Gasteiger partial charge in [0.15, 0.2) is 0 Å². The fourth-order valence-electron chi connectivity index (χ4n) is 4.17. The van der Waals surface area contributed by atoms with E-state index in [1.54, 1.807) is 4.90 Å². The van der Waals surface area contributed by atoms with Crippen LogP contribution in [0, 0.1) is 6.92 Å². The normalized spacial score (nSPS) is 18.5. The monoisotopic (exact) mass is 378 g/mol. The molecule has 146 valence electrons. The van der Waals surface area contributed by atoms with Gasteiger partial charge in [0, 0.05) is 11.4 Å². The second-order valence-electron chi connectivity index (χ2n) is 7.60. The van der Waals surface area contributed by atoms with Crippen LogP contribution in [0.2, 0.25) is 0 Å². The van der Waals surface area contributed by atoms with Gasteiger partial charge in [-0.15, -0.1) is 0 Å². The number of rotatable bonds is 4. The van der Waals surface area contributed by atoms with Crippen LogP contribution in [0.4, 0.5) is 11.4 Å². The van der Waals surface area contributed by atoms with Crippen LogP contribution >= 0.6 is 0 Å². The van der Waals surface area contributed by atoms with E-state index in [2.05, 4.69) is 15.5 Å². The van der Waals surface area contributed by atoms with Crippen molar-refractivity contribution in [2.75, 3.05) is 36.5 Å². The molecule has 6 heteroatoms. The van der Waals surface area contributed by atoms with Crippen molar-refractivity contribution in [2.45, 2.75) is 25.3 Å². The van der Waals surface area contributed by atoms with Crippen molar-refractivity contribution in [2.24, 2.45) is 0 Å². The summed E-state index contributed by atoms with van der Waals surface area (Å²) in [5.74, 6) is -0.117. The first kappa shape index (κ1) is 18.5. The maximum atomic E-state index is 13.4. The first-order valence-corrected chi connectivity index (χ1v) is 9.78. The number of carbonyl (C=O) groups is 2. The highest BCUT2D eigenvalue weighted by molar-refractivity contribution is 5.99. The van der Waals surface area contributed by atoms with E-state index < -0.39 is 5.54 Å². The molecule has 2 fully saturated rings. The topological polar surface area (TPSA) is 64.7 Å². The summed E-state index contributed by atoms with van der Waals surface area (Å²) in [6, 6.07) is 17.7. The zero-order chi connectivity index (χ0) is 19.6. The second-order valence-corrected chi connectivity index (χ2v) is 7.60. The van der Waals surface area contributed by atoms with Crippen LogP contribution in [0.1, 0.15) is 18.4 Å². The van der Waals surface area contributed by atoms with Gasteiger partial charge < -0.3 is 20.4 Å². The van der Waals surface area contributed by atoms with Crippen LogP contribution < -0.4 is 15.5 Å². The molecule has 2 saturated heterocycles. The predicted molar refractivity (Wildman–Crippen MR) is 110 cm³/mol. The Balaban J connectivity index is 1.52. The number of nitrogens with zero attached hydrogens (tertiary/aromatic N) is 2. The predicted octanol–water partition coefficient (Wildman–Crippen LogP) is 2.36. The molecule has 6 nitrogen and oxygen atoms in total. The number of amides is 2. The summed E-state index contributed by atoms with van der Waals surface area (Å²) in [5, 5.41) is 6.24. The van der Waals surface area contributed by atoms with Gasteiger partial charge in [0.2, 0.25) is 11.8 Å². The highest BCUT2D eigenvalue weighted by atomic mass is 16.2. The van der Waals surface area contributed by atoms with Gasteiger partial charge in [0.25, 0.3) is 0 Å². The average Bonchev–Trinajstić information content (AvgIpc) is 2.97. The lowest BCUT2D eigenvalue weighted by Crippen LogP contribution is -2.55. The molecule has 2 aliphatic heterocycles. The van der Waals surface area contributed by atoms with Gasteiger partial charge in [-0.1, -0.05) is 35.9 Å². The Morgan fingerprint density at radius 3 is 2.43 bits per heavy atom. The van der Waals surface area contributed by atoms with Crippen molar-refractivity contribution in [3.63, 3.8) is 0 Å². The van der Waals surface area contributed by atoms with Gasteiger partial charge in [0.05, 0.1) is 6.67 Å². The number of hydrogen-bond donors (Lipinski definition) is 2. The molecule has 2 amide bonds.